The summed E-state index contributed by atoms with van der Waals surface area (Å²) in [5.74, 6) is -0.336. The van der Waals surface area contributed by atoms with Gasteiger partial charge in [0.2, 0.25) is 0 Å². The maximum atomic E-state index is 13.3. The number of hydrogen-bond acceptors (Lipinski definition) is 4. The summed E-state index contributed by atoms with van der Waals surface area (Å²) in [5, 5.41) is 4.52. The zero-order valence-corrected chi connectivity index (χ0v) is 19.6. The number of nitrogens with zero attached hydrogens (tertiary/aromatic N) is 2. The van der Waals surface area contributed by atoms with Crippen LogP contribution < -0.4 is 5.32 Å². The Kier molecular flexibility index (Phi) is 7.52. The summed E-state index contributed by atoms with van der Waals surface area (Å²) in [4.78, 5) is 32.8. The predicted molar refractivity (Wildman–Crippen MR) is 126 cm³/mol. The number of hydrogen-bond donors (Lipinski definition) is 1. The number of ketones is 1. The molecule has 1 spiro atoms. The molecule has 0 saturated carbocycles. The second-order valence-corrected chi connectivity index (χ2v) is 8.32. The molecule has 5 nitrogen and oxygen atoms in total. The first-order valence-electron chi connectivity index (χ1n) is 10.6. The Morgan fingerprint density at radius 3 is 2.35 bits per heavy atom. The quantitative estimate of drug-likeness (QED) is 0.659. The SMILES string of the molecule is CC.Cc1cc(C(=O)CN2C(=O)C(c3ccc(Cl)cc3)=NC23CCNCC3)ccc1Cl. The Morgan fingerprint density at radius 1 is 1.10 bits per heavy atom. The molecule has 2 aliphatic rings. The standard InChI is InChI=1S/C22H21Cl2N3O2.C2H6/c1-14-12-16(4-7-18(14)24)19(28)13-27-21(29)20(15-2-5-17(23)6-3-15)26-22(27)8-10-25-11-9-22;1-2/h2-7,12,25H,8-11,13H2,1H3;1-2H3. The van der Waals surface area contributed by atoms with Crippen molar-refractivity contribution in [3.63, 3.8) is 0 Å². The van der Waals surface area contributed by atoms with Crippen molar-refractivity contribution in [2.75, 3.05) is 19.6 Å². The van der Waals surface area contributed by atoms with Crippen LogP contribution in [0.4, 0.5) is 0 Å². The normalized spacial score (nSPS) is 17.3. The Bertz CT molecular complexity index is 996. The van der Waals surface area contributed by atoms with Crippen molar-refractivity contribution in [3.8, 4) is 0 Å². The summed E-state index contributed by atoms with van der Waals surface area (Å²) in [6.45, 7) is 7.33. The number of carbonyl (C=O) groups excluding carboxylic acids is 2. The zero-order valence-electron chi connectivity index (χ0n) is 18.0. The highest BCUT2D eigenvalue weighted by molar-refractivity contribution is 6.47. The van der Waals surface area contributed by atoms with Gasteiger partial charge < -0.3 is 10.2 Å². The summed E-state index contributed by atoms with van der Waals surface area (Å²) in [6.07, 6.45) is 1.34. The molecule has 1 fully saturated rings. The molecule has 31 heavy (non-hydrogen) atoms. The number of benzene rings is 2. The minimum Gasteiger partial charge on any atom is -0.316 e. The molecule has 1 saturated heterocycles. The number of aliphatic imine (C=N–C) groups is 1. The summed E-state index contributed by atoms with van der Waals surface area (Å²) in [7, 11) is 0. The molecule has 0 atom stereocenters. The van der Waals surface area contributed by atoms with Crippen molar-refractivity contribution in [2.24, 2.45) is 4.99 Å². The van der Waals surface area contributed by atoms with Crippen LogP contribution in [0.2, 0.25) is 10.0 Å². The molecule has 0 aliphatic carbocycles. The van der Waals surface area contributed by atoms with Crippen LogP contribution in [0, 0.1) is 6.92 Å². The summed E-state index contributed by atoms with van der Waals surface area (Å²) < 4.78 is 0. The Balaban J connectivity index is 0.00000132. The molecule has 4 rings (SSSR count). The third kappa shape index (κ3) is 4.84. The van der Waals surface area contributed by atoms with E-state index in [1.807, 2.05) is 20.8 Å². The molecule has 1 amide bonds. The van der Waals surface area contributed by atoms with Gasteiger partial charge in [-0.1, -0.05) is 49.2 Å². The Hall–Kier alpha value is -2.21. The fraction of sp³-hybridized carbons (Fsp3) is 0.375. The number of halogens is 2. The van der Waals surface area contributed by atoms with Crippen LogP contribution >= 0.6 is 23.2 Å². The number of piperidine rings is 1. The van der Waals surface area contributed by atoms with Gasteiger partial charge in [0.15, 0.2) is 5.78 Å². The average Bonchev–Trinajstić information content (AvgIpc) is 3.04. The lowest BCUT2D eigenvalue weighted by molar-refractivity contribution is -0.127. The highest BCUT2D eigenvalue weighted by Gasteiger charge is 2.48. The van der Waals surface area contributed by atoms with E-state index in [9.17, 15) is 9.59 Å². The van der Waals surface area contributed by atoms with Crippen molar-refractivity contribution in [3.05, 3.63) is 69.2 Å². The number of Topliss-reactive ketones (excluding diaryl/α,β-unsaturated/α-hetero) is 1. The molecule has 2 aliphatic heterocycles. The lowest BCUT2D eigenvalue weighted by Gasteiger charge is -2.39. The summed E-state index contributed by atoms with van der Waals surface area (Å²) in [6, 6.07) is 12.3. The minimum atomic E-state index is -0.686. The van der Waals surface area contributed by atoms with E-state index in [1.54, 1.807) is 47.4 Å². The van der Waals surface area contributed by atoms with Crippen LogP contribution in [0.15, 0.2) is 47.5 Å². The molecule has 1 N–H and O–H groups in total. The van der Waals surface area contributed by atoms with Crippen LogP contribution in [-0.2, 0) is 4.79 Å². The molecule has 0 aromatic heterocycles. The third-order valence-corrected chi connectivity index (χ3v) is 6.25. The second-order valence-electron chi connectivity index (χ2n) is 7.48. The van der Waals surface area contributed by atoms with Crippen LogP contribution in [0.1, 0.15) is 48.2 Å². The molecular weight excluding hydrogens is 433 g/mol. The Morgan fingerprint density at radius 2 is 1.74 bits per heavy atom. The Labute approximate surface area is 193 Å². The van der Waals surface area contributed by atoms with Gasteiger partial charge in [0.05, 0.1) is 6.54 Å². The monoisotopic (exact) mass is 459 g/mol. The van der Waals surface area contributed by atoms with Crippen LogP contribution in [0.25, 0.3) is 0 Å². The lowest BCUT2D eigenvalue weighted by atomic mass is 9.96. The van der Waals surface area contributed by atoms with Gasteiger partial charge in [0.1, 0.15) is 11.4 Å². The first-order chi connectivity index (χ1) is 14.9. The molecule has 7 heteroatoms. The minimum absolute atomic E-state index is 0.0134. The molecule has 2 aromatic rings. The lowest BCUT2D eigenvalue weighted by Crippen LogP contribution is -2.54. The van der Waals surface area contributed by atoms with Gasteiger partial charge in [0, 0.05) is 34.0 Å². The molecular formula is C24H27Cl2N3O2. The maximum Gasteiger partial charge on any atom is 0.275 e. The molecule has 2 heterocycles. The number of rotatable bonds is 4. The maximum absolute atomic E-state index is 13.3. The van der Waals surface area contributed by atoms with Crippen LogP contribution in [-0.4, -0.2) is 47.6 Å². The highest BCUT2D eigenvalue weighted by atomic mass is 35.5. The molecule has 2 aromatic carbocycles. The fourth-order valence-corrected chi connectivity index (χ4v) is 4.15. The van der Waals surface area contributed by atoms with Crippen LogP contribution in [0.5, 0.6) is 0 Å². The van der Waals surface area contributed by atoms with Gasteiger partial charge in [-0.05, 0) is 55.9 Å². The molecule has 164 valence electrons. The van der Waals surface area contributed by atoms with Gasteiger partial charge in [-0.25, -0.2) is 0 Å². The fourth-order valence-electron chi connectivity index (χ4n) is 3.91. The van der Waals surface area contributed by atoms with Crippen molar-refractivity contribution < 1.29 is 9.59 Å². The van der Waals surface area contributed by atoms with E-state index in [1.165, 1.54) is 0 Å². The molecule has 0 radical (unpaired) electrons. The smallest absolute Gasteiger partial charge is 0.275 e. The predicted octanol–water partition coefficient (Wildman–Crippen LogP) is 4.92. The topological polar surface area (TPSA) is 61.8 Å². The van der Waals surface area contributed by atoms with E-state index in [-0.39, 0.29) is 18.2 Å². The van der Waals surface area contributed by atoms with E-state index in [0.29, 0.717) is 34.2 Å². The van der Waals surface area contributed by atoms with Gasteiger partial charge in [-0.3, -0.25) is 14.6 Å². The first kappa shape index (κ1) is 23.5. The summed E-state index contributed by atoms with van der Waals surface area (Å²) in [5.41, 5.74) is 1.80. The van der Waals surface area contributed by atoms with E-state index in [4.69, 9.17) is 28.2 Å². The summed E-state index contributed by atoms with van der Waals surface area (Å²) >= 11 is 12.1. The number of amides is 1. The van der Waals surface area contributed by atoms with E-state index in [0.717, 1.165) is 24.2 Å². The van der Waals surface area contributed by atoms with E-state index in [2.05, 4.69) is 5.32 Å². The number of nitrogens with one attached hydrogen (secondary N) is 1. The van der Waals surface area contributed by atoms with Crippen LogP contribution in [0.3, 0.4) is 0 Å². The van der Waals surface area contributed by atoms with Gasteiger partial charge in [-0.15, -0.1) is 0 Å². The average molecular weight is 460 g/mol. The molecule has 0 unspecified atom stereocenters. The van der Waals surface area contributed by atoms with Crippen molar-refractivity contribution in [2.45, 2.75) is 39.3 Å². The first-order valence-corrected chi connectivity index (χ1v) is 11.3. The number of carbonyl (C=O) groups is 2. The van der Waals surface area contributed by atoms with E-state index >= 15 is 0 Å². The van der Waals surface area contributed by atoms with Crippen molar-refractivity contribution >= 4 is 40.6 Å². The zero-order chi connectivity index (χ0) is 22.6. The largest absolute Gasteiger partial charge is 0.316 e. The van der Waals surface area contributed by atoms with Gasteiger partial charge in [-0.2, -0.15) is 0 Å². The van der Waals surface area contributed by atoms with Gasteiger partial charge >= 0.3 is 0 Å². The highest BCUT2D eigenvalue weighted by Crippen LogP contribution is 2.35. The second kappa shape index (κ2) is 9.94. The van der Waals surface area contributed by atoms with E-state index < -0.39 is 5.66 Å². The van der Waals surface area contributed by atoms with Crippen molar-refractivity contribution in [1.29, 1.82) is 0 Å². The molecule has 0 bridgehead atoms. The third-order valence-electron chi connectivity index (χ3n) is 5.57. The number of aryl methyl sites for hydroxylation is 1. The van der Waals surface area contributed by atoms with Gasteiger partial charge in [0.25, 0.3) is 5.91 Å². The van der Waals surface area contributed by atoms with Crippen molar-refractivity contribution in [1.82, 2.24) is 10.2 Å².